The van der Waals surface area contributed by atoms with E-state index in [4.69, 9.17) is 4.42 Å². The van der Waals surface area contributed by atoms with E-state index in [0.29, 0.717) is 30.0 Å². The zero-order valence-corrected chi connectivity index (χ0v) is 18.7. The summed E-state index contributed by atoms with van der Waals surface area (Å²) >= 11 is 0. The van der Waals surface area contributed by atoms with Crippen LogP contribution < -0.4 is 4.72 Å². The first kappa shape index (κ1) is 21.2. The number of carbonyl (C=O) groups is 1. The minimum atomic E-state index is -3.88. The number of nitrogens with zero attached hydrogens (tertiary/aromatic N) is 2. The number of hydrogen-bond acceptors (Lipinski definition) is 5. The van der Waals surface area contributed by atoms with Gasteiger partial charge in [-0.2, -0.15) is 5.10 Å². The molecule has 1 aliphatic heterocycles. The van der Waals surface area contributed by atoms with E-state index in [0.717, 1.165) is 30.4 Å². The van der Waals surface area contributed by atoms with Gasteiger partial charge in [-0.15, -0.1) is 0 Å². The molecule has 0 saturated carbocycles. The van der Waals surface area contributed by atoms with Crippen LogP contribution in [0.3, 0.4) is 0 Å². The molecule has 1 aliphatic rings. The van der Waals surface area contributed by atoms with Crippen molar-refractivity contribution in [3.05, 3.63) is 52.9 Å². The van der Waals surface area contributed by atoms with Crippen LogP contribution >= 0.6 is 0 Å². The van der Waals surface area contributed by atoms with Crippen LogP contribution in [0.25, 0.3) is 11.5 Å². The molecule has 31 heavy (non-hydrogen) atoms. The molecule has 0 radical (unpaired) electrons. The van der Waals surface area contributed by atoms with Crippen LogP contribution in [0, 0.1) is 20.8 Å². The number of nitrogens with one attached hydrogen (secondary N) is 2. The van der Waals surface area contributed by atoms with E-state index in [9.17, 15) is 13.2 Å². The van der Waals surface area contributed by atoms with Gasteiger partial charge in [0.1, 0.15) is 16.3 Å². The summed E-state index contributed by atoms with van der Waals surface area (Å²) < 4.78 is 34.5. The molecule has 0 spiro atoms. The molecule has 0 atom stereocenters. The number of sulfonamides is 1. The number of rotatable bonds is 5. The quantitative estimate of drug-likeness (QED) is 0.620. The summed E-state index contributed by atoms with van der Waals surface area (Å²) in [6, 6.07) is 6.88. The van der Waals surface area contributed by atoms with Crippen molar-refractivity contribution in [1.82, 2.24) is 15.1 Å². The number of H-pyrrole nitrogens is 1. The fourth-order valence-corrected chi connectivity index (χ4v) is 5.12. The van der Waals surface area contributed by atoms with Crippen molar-refractivity contribution < 1.29 is 17.6 Å². The molecular weight excluding hydrogens is 416 g/mol. The Bertz CT molecular complexity index is 1220. The van der Waals surface area contributed by atoms with Crippen molar-refractivity contribution in [2.75, 3.05) is 17.8 Å². The van der Waals surface area contributed by atoms with E-state index in [1.807, 2.05) is 19.9 Å². The molecular formula is C22H26N4O4S. The molecule has 1 saturated heterocycles. The predicted molar refractivity (Wildman–Crippen MR) is 118 cm³/mol. The molecule has 1 fully saturated rings. The lowest BCUT2D eigenvalue weighted by Gasteiger charge is -2.26. The second-order valence-electron chi connectivity index (χ2n) is 7.90. The van der Waals surface area contributed by atoms with Crippen LogP contribution in [0.5, 0.6) is 0 Å². The lowest BCUT2D eigenvalue weighted by molar-refractivity contribution is 0.0725. The molecule has 2 N–H and O–H groups in total. The third-order valence-electron chi connectivity index (χ3n) is 5.77. The Morgan fingerprint density at radius 2 is 1.90 bits per heavy atom. The SMILES string of the molecule is Cc1cccc(NS(=O)(=O)c2cc(-c3[nH]ncc3C(=O)N3CCCCC3)oc2C)c1C. The Morgan fingerprint density at radius 3 is 2.65 bits per heavy atom. The highest BCUT2D eigenvalue weighted by atomic mass is 32.2. The molecule has 0 bridgehead atoms. The largest absolute Gasteiger partial charge is 0.458 e. The van der Waals surface area contributed by atoms with E-state index < -0.39 is 10.0 Å². The maximum absolute atomic E-state index is 13.1. The Kier molecular flexibility index (Phi) is 5.62. The van der Waals surface area contributed by atoms with Gasteiger partial charge in [0.25, 0.3) is 15.9 Å². The lowest BCUT2D eigenvalue weighted by Crippen LogP contribution is -2.35. The molecule has 164 valence electrons. The topological polar surface area (TPSA) is 108 Å². The van der Waals surface area contributed by atoms with Gasteiger partial charge in [-0.1, -0.05) is 12.1 Å². The smallest absolute Gasteiger partial charge is 0.265 e. The summed E-state index contributed by atoms with van der Waals surface area (Å²) in [7, 11) is -3.88. The number of piperidine rings is 1. The van der Waals surface area contributed by atoms with Crippen molar-refractivity contribution >= 4 is 21.6 Å². The number of anilines is 1. The zero-order chi connectivity index (χ0) is 22.2. The summed E-state index contributed by atoms with van der Waals surface area (Å²) in [5.41, 5.74) is 3.12. The number of carbonyl (C=O) groups excluding carboxylic acids is 1. The molecule has 1 amide bonds. The van der Waals surface area contributed by atoms with Crippen LogP contribution in [0.15, 0.2) is 39.8 Å². The number of furan rings is 1. The third-order valence-corrected chi connectivity index (χ3v) is 7.24. The van der Waals surface area contributed by atoms with Crippen LogP contribution in [-0.2, 0) is 10.0 Å². The first-order valence-corrected chi connectivity index (χ1v) is 11.8. The highest BCUT2D eigenvalue weighted by molar-refractivity contribution is 7.92. The highest BCUT2D eigenvalue weighted by Gasteiger charge is 2.27. The average Bonchev–Trinajstić information content (AvgIpc) is 3.38. The maximum Gasteiger partial charge on any atom is 0.265 e. The number of aryl methyl sites for hydroxylation is 2. The van der Waals surface area contributed by atoms with Gasteiger partial charge in [-0.05, 0) is 57.2 Å². The third kappa shape index (κ3) is 4.10. The molecule has 2 aromatic heterocycles. The molecule has 3 aromatic rings. The van der Waals surface area contributed by atoms with Crippen molar-refractivity contribution in [2.45, 2.75) is 44.9 Å². The second kappa shape index (κ2) is 8.22. The Labute approximate surface area is 181 Å². The van der Waals surface area contributed by atoms with E-state index in [1.54, 1.807) is 24.0 Å². The van der Waals surface area contributed by atoms with Crippen molar-refractivity contribution in [2.24, 2.45) is 0 Å². The van der Waals surface area contributed by atoms with Gasteiger partial charge in [-0.3, -0.25) is 14.6 Å². The van der Waals surface area contributed by atoms with Gasteiger partial charge in [0.2, 0.25) is 0 Å². The summed E-state index contributed by atoms with van der Waals surface area (Å²) in [4.78, 5) is 14.8. The molecule has 8 nitrogen and oxygen atoms in total. The Hall–Kier alpha value is -3.07. The molecule has 3 heterocycles. The fourth-order valence-electron chi connectivity index (χ4n) is 3.82. The minimum Gasteiger partial charge on any atom is -0.458 e. The number of hydrogen-bond donors (Lipinski definition) is 2. The Balaban J connectivity index is 1.65. The Morgan fingerprint density at radius 1 is 1.16 bits per heavy atom. The normalized spacial score (nSPS) is 14.6. The number of aromatic nitrogens is 2. The predicted octanol–water partition coefficient (Wildman–Crippen LogP) is 4.02. The summed E-state index contributed by atoms with van der Waals surface area (Å²) in [5.74, 6) is 0.367. The zero-order valence-electron chi connectivity index (χ0n) is 17.9. The molecule has 0 unspecified atom stereocenters. The maximum atomic E-state index is 13.1. The number of aromatic amines is 1. The van der Waals surface area contributed by atoms with Crippen LogP contribution in [0.4, 0.5) is 5.69 Å². The van der Waals surface area contributed by atoms with Gasteiger partial charge in [0.15, 0.2) is 5.76 Å². The van der Waals surface area contributed by atoms with Gasteiger partial charge in [-0.25, -0.2) is 8.42 Å². The standard InChI is InChI=1S/C22H26N4O4S/c1-14-8-7-9-18(15(14)2)25-31(28,29)20-12-19(30-16(20)3)21-17(13-23-24-21)22(27)26-10-5-4-6-11-26/h7-9,12-13,25H,4-6,10-11H2,1-3H3,(H,23,24). The minimum absolute atomic E-state index is 0.0226. The lowest BCUT2D eigenvalue weighted by atomic mass is 10.1. The van der Waals surface area contributed by atoms with Crippen LogP contribution in [-0.4, -0.2) is 42.5 Å². The number of amides is 1. The monoisotopic (exact) mass is 442 g/mol. The van der Waals surface area contributed by atoms with Gasteiger partial charge >= 0.3 is 0 Å². The van der Waals surface area contributed by atoms with Gasteiger partial charge < -0.3 is 9.32 Å². The van der Waals surface area contributed by atoms with Crippen LogP contribution in [0.1, 0.15) is 46.5 Å². The first-order valence-electron chi connectivity index (χ1n) is 10.3. The van der Waals surface area contributed by atoms with Crippen molar-refractivity contribution in [3.8, 4) is 11.5 Å². The van der Waals surface area contributed by atoms with Gasteiger partial charge in [0.05, 0.1) is 17.4 Å². The summed E-state index contributed by atoms with van der Waals surface area (Å²) in [6.07, 6.45) is 4.54. The van der Waals surface area contributed by atoms with Crippen molar-refractivity contribution in [3.63, 3.8) is 0 Å². The molecule has 1 aromatic carbocycles. The van der Waals surface area contributed by atoms with Gasteiger partial charge in [0, 0.05) is 19.2 Å². The summed E-state index contributed by atoms with van der Waals surface area (Å²) in [5, 5.41) is 6.80. The van der Waals surface area contributed by atoms with E-state index >= 15 is 0 Å². The molecule has 9 heteroatoms. The number of likely N-dealkylation sites (tertiary alicyclic amines) is 1. The second-order valence-corrected chi connectivity index (χ2v) is 9.55. The van der Waals surface area contributed by atoms with Crippen molar-refractivity contribution in [1.29, 1.82) is 0 Å². The van der Waals surface area contributed by atoms with E-state index in [-0.39, 0.29) is 22.3 Å². The van der Waals surface area contributed by atoms with E-state index in [1.165, 1.54) is 12.3 Å². The first-order chi connectivity index (χ1) is 14.8. The van der Waals surface area contributed by atoms with E-state index in [2.05, 4.69) is 14.9 Å². The fraction of sp³-hybridized carbons (Fsp3) is 0.364. The average molecular weight is 443 g/mol. The molecule has 0 aliphatic carbocycles. The number of benzene rings is 1. The molecule has 4 rings (SSSR count). The summed E-state index contributed by atoms with van der Waals surface area (Å²) in [6.45, 7) is 6.79. The highest BCUT2D eigenvalue weighted by Crippen LogP contribution is 2.31. The van der Waals surface area contributed by atoms with Crippen LogP contribution in [0.2, 0.25) is 0 Å².